The van der Waals surface area contributed by atoms with Crippen molar-refractivity contribution in [2.45, 2.75) is 13.3 Å². The summed E-state index contributed by atoms with van der Waals surface area (Å²) >= 11 is 0. The van der Waals surface area contributed by atoms with Crippen molar-refractivity contribution in [3.63, 3.8) is 0 Å². The van der Waals surface area contributed by atoms with Gasteiger partial charge in [0.05, 0.1) is 0 Å². The van der Waals surface area contributed by atoms with Crippen LogP contribution in [0.5, 0.6) is 0 Å². The molecule has 104 valence electrons. The number of hydrogen-bond acceptors (Lipinski definition) is 1. The molecular formula is C20H19N. The van der Waals surface area contributed by atoms with Crippen molar-refractivity contribution in [1.29, 1.82) is 0 Å². The zero-order valence-electron chi connectivity index (χ0n) is 12.3. The van der Waals surface area contributed by atoms with E-state index in [4.69, 9.17) is 0 Å². The molecule has 0 atom stereocenters. The summed E-state index contributed by atoms with van der Waals surface area (Å²) in [7, 11) is 0. The molecule has 1 aliphatic heterocycles. The fourth-order valence-corrected chi connectivity index (χ4v) is 2.87. The summed E-state index contributed by atoms with van der Waals surface area (Å²) in [5.41, 5.74) is 6.22. The topological polar surface area (TPSA) is 3.24 Å². The van der Waals surface area contributed by atoms with Crippen LogP contribution in [0.1, 0.15) is 12.5 Å². The van der Waals surface area contributed by atoms with Crippen molar-refractivity contribution in [2.24, 2.45) is 0 Å². The van der Waals surface area contributed by atoms with Crippen LogP contribution in [0.4, 0.5) is 11.4 Å². The van der Waals surface area contributed by atoms with Gasteiger partial charge in [0.1, 0.15) is 0 Å². The summed E-state index contributed by atoms with van der Waals surface area (Å²) in [6.45, 7) is 6.09. The molecule has 2 aromatic rings. The fraction of sp³-hybridized carbons (Fsp3) is 0.100. The van der Waals surface area contributed by atoms with Crippen LogP contribution in [0.3, 0.4) is 0 Å². The monoisotopic (exact) mass is 273 g/mol. The highest BCUT2D eigenvalue weighted by Gasteiger charge is 2.23. The minimum atomic E-state index is 0.950. The molecule has 0 saturated carbocycles. The average molecular weight is 273 g/mol. The standard InChI is InChI=1S/C20H19N/c1-3-10-16-15-17-11-8-9-14-20(17)21(19(16)4-2)18-12-6-5-7-13-18/h3-14H,2,15H2,1H3/b10-3-. The average Bonchev–Trinajstić information content (AvgIpc) is 2.54. The lowest BCUT2D eigenvalue weighted by molar-refractivity contribution is 1.04. The lowest BCUT2D eigenvalue weighted by atomic mass is 9.94. The van der Waals surface area contributed by atoms with Crippen LogP contribution in [0, 0.1) is 0 Å². The number of para-hydroxylation sites is 2. The first-order valence-electron chi connectivity index (χ1n) is 7.26. The van der Waals surface area contributed by atoms with Crippen LogP contribution < -0.4 is 4.90 Å². The Morgan fingerprint density at radius 3 is 2.43 bits per heavy atom. The molecule has 3 rings (SSSR count). The molecule has 0 fully saturated rings. The summed E-state index contributed by atoms with van der Waals surface area (Å²) in [5.74, 6) is 0. The number of allylic oxidation sites excluding steroid dienone is 4. The lowest BCUT2D eigenvalue weighted by Crippen LogP contribution is -2.22. The summed E-state index contributed by atoms with van der Waals surface area (Å²) < 4.78 is 0. The highest BCUT2D eigenvalue weighted by Crippen LogP contribution is 2.39. The summed E-state index contributed by atoms with van der Waals surface area (Å²) in [5, 5.41) is 0. The first-order valence-corrected chi connectivity index (χ1v) is 7.26. The zero-order valence-corrected chi connectivity index (χ0v) is 12.3. The maximum Gasteiger partial charge on any atom is 0.0497 e. The van der Waals surface area contributed by atoms with Gasteiger partial charge in [-0.05, 0) is 42.3 Å². The largest absolute Gasteiger partial charge is 0.310 e. The predicted molar refractivity (Wildman–Crippen MR) is 90.8 cm³/mol. The third-order valence-electron chi connectivity index (χ3n) is 3.76. The van der Waals surface area contributed by atoms with E-state index >= 15 is 0 Å². The fourth-order valence-electron chi connectivity index (χ4n) is 2.87. The van der Waals surface area contributed by atoms with Crippen molar-refractivity contribution in [1.82, 2.24) is 0 Å². The molecule has 0 aliphatic carbocycles. The molecule has 1 heterocycles. The van der Waals surface area contributed by atoms with E-state index in [0.29, 0.717) is 0 Å². The van der Waals surface area contributed by atoms with E-state index in [0.717, 1.165) is 12.1 Å². The van der Waals surface area contributed by atoms with Gasteiger partial charge in [-0.2, -0.15) is 0 Å². The Bertz CT molecular complexity index is 708. The van der Waals surface area contributed by atoms with Crippen molar-refractivity contribution < 1.29 is 0 Å². The van der Waals surface area contributed by atoms with Gasteiger partial charge in [-0.15, -0.1) is 0 Å². The molecule has 1 heteroatoms. The molecule has 0 saturated heterocycles. The quantitative estimate of drug-likeness (QED) is 0.724. The molecule has 0 spiro atoms. The molecule has 1 aliphatic rings. The van der Waals surface area contributed by atoms with Gasteiger partial charge >= 0.3 is 0 Å². The summed E-state index contributed by atoms with van der Waals surface area (Å²) in [6.07, 6.45) is 7.18. The first-order chi connectivity index (χ1) is 10.3. The van der Waals surface area contributed by atoms with Crippen LogP contribution >= 0.6 is 0 Å². The predicted octanol–water partition coefficient (Wildman–Crippen LogP) is 5.40. The third-order valence-corrected chi connectivity index (χ3v) is 3.76. The normalized spacial score (nSPS) is 14.4. The van der Waals surface area contributed by atoms with Gasteiger partial charge in [-0.25, -0.2) is 0 Å². The van der Waals surface area contributed by atoms with Crippen LogP contribution in [0.25, 0.3) is 0 Å². The Morgan fingerprint density at radius 1 is 1.00 bits per heavy atom. The van der Waals surface area contributed by atoms with Crippen molar-refractivity contribution in [2.75, 3.05) is 4.90 Å². The van der Waals surface area contributed by atoms with Gasteiger partial charge in [0, 0.05) is 23.5 Å². The van der Waals surface area contributed by atoms with E-state index in [9.17, 15) is 0 Å². The van der Waals surface area contributed by atoms with Crippen molar-refractivity contribution in [3.05, 3.63) is 96.2 Å². The molecule has 0 N–H and O–H groups in total. The van der Waals surface area contributed by atoms with E-state index < -0.39 is 0 Å². The van der Waals surface area contributed by atoms with E-state index in [1.54, 1.807) is 0 Å². The van der Waals surface area contributed by atoms with E-state index in [-0.39, 0.29) is 0 Å². The highest BCUT2D eigenvalue weighted by atomic mass is 15.2. The Hall–Kier alpha value is -2.54. The number of fused-ring (bicyclic) bond motifs is 1. The summed E-state index contributed by atoms with van der Waals surface area (Å²) in [4.78, 5) is 2.29. The molecular weight excluding hydrogens is 254 g/mol. The summed E-state index contributed by atoms with van der Waals surface area (Å²) in [6, 6.07) is 19.0. The smallest absolute Gasteiger partial charge is 0.0497 e. The molecule has 0 unspecified atom stereocenters. The van der Waals surface area contributed by atoms with E-state index in [1.807, 2.05) is 12.1 Å². The van der Waals surface area contributed by atoms with Gasteiger partial charge in [-0.3, -0.25) is 0 Å². The van der Waals surface area contributed by atoms with Gasteiger partial charge in [0.25, 0.3) is 0 Å². The molecule has 0 radical (unpaired) electrons. The molecule has 0 bridgehead atoms. The van der Waals surface area contributed by atoms with Crippen LogP contribution in [-0.2, 0) is 6.42 Å². The van der Waals surface area contributed by atoms with Gasteiger partial charge in [0.15, 0.2) is 0 Å². The van der Waals surface area contributed by atoms with Crippen LogP contribution in [-0.4, -0.2) is 0 Å². The Kier molecular flexibility index (Phi) is 3.74. The van der Waals surface area contributed by atoms with Crippen molar-refractivity contribution >= 4 is 11.4 Å². The number of anilines is 2. The lowest BCUT2D eigenvalue weighted by Gasteiger charge is -2.33. The third kappa shape index (κ3) is 2.43. The van der Waals surface area contributed by atoms with E-state index in [1.165, 1.54) is 22.5 Å². The van der Waals surface area contributed by atoms with Gasteiger partial charge < -0.3 is 4.90 Å². The molecule has 0 aromatic heterocycles. The van der Waals surface area contributed by atoms with Crippen LogP contribution in [0.2, 0.25) is 0 Å². The minimum Gasteiger partial charge on any atom is -0.310 e. The first kappa shape index (κ1) is 13.4. The SMILES string of the molecule is C=CC1=C(/C=C\C)Cc2ccccc2N1c1ccccc1. The minimum absolute atomic E-state index is 0.950. The van der Waals surface area contributed by atoms with Crippen molar-refractivity contribution in [3.8, 4) is 0 Å². The number of rotatable bonds is 3. The Labute approximate surface area is 126 Å². The molecule has 21 heavy (non-hydrogen) atoms. The molecule has 2 aromatic carbocycles. The zero-order chi connectivity index (χ0) is 14.7. The van der Waals surface area contributed by atoms with Gasteiger partial charge in [0.2, 0.25) is 0 Å². The maximum atomic E-state index is 4.03. The highest BCUT2D eigenvalue weighted by molar-refractivity contribution is 5.76. The number of nitrogens with zero attached hydrogens (tertiary/aromatic N) is 1. The number of hydrogen-bond donors (Lipinski definition) is 0. The molecule has 0 amide bonds. The Balaban J connectivity index is 2.23. The second-order valence-electron chi connectivity index (χ2n) is 5.09. The number of benzene rings is 2. The maximum absolute atomic E-state index is 4.03. The Morgan fingerprint density at radius 2 is 1.71 bits per heavy atom. The molecule has 1 nitrogen and oxygen atoms in total. The second kappa shape index (κ2) is 5.84. The van der Waals surface area contributed by atoms with Gasteiger partial charge in [-0.1, -0.05) is 55.1 Å². The second-order valence-corrected chi connectivity index (χ2v) is 5.09. The van der Waals surface area contributed by atoms with Crippen LogP contribution in [0.15, 0.2) is 90.7 Å². The van der Waals surface area contributed by atoms with E-state index in [2.05, 4.69) is 79.1 Å².